The number of aromatic nitrogens is 2. The maximum Gasteiger partial charge on any atom is 0.267 e. The van der Waals surface area contributed by atoms with Crippen molar-refractivity contribution in [1.29, 1.82) is 0 Å². The molecule has 26 heavy (non-hydrogen) atoms. The maximum atomic E-state index is 11.2. The first-order valence-electron chi connectivity index (χ1n) is 9.16. The molecule has 0 radical (unpaired) electrons. The molecule has 0 aliphatic carbocycles. The van der Waals surface area contributed by atoms with E-state index in [0.29, 0.717) is 0 Å². The van der Waals surface area contributed by atoms with Gasteiger partial charge in [-0.1, -0.05) is 34.6 Å². The van der Waals surface area contributed by atoms with Gasteiger partial charge in [0.1, 0.15) is 5.65 Å². The summed E-state index contributed by atoms with van der Waals surface area (Å²) in [5, 5.41) is 8.59. The number of amides is 1. The highest BCUT2D eigenvalue weighted by Crippen LogP contribution is 2.28. The molecule has 1 amide bonds. The molecule has 0 unspecified atom stereocenters. The Bertz CT molecular complexity index is 787. The fraction of sp³-hybridized carbons (Fsp3) is 0.500. The molecule has 2 N–H and O–H groups in total. The van der Waals surface area contributed by atoms with Crippen LogP contribution in [-0.2, 0) is 16.8 Å². The van der Waals surface area contributed by atoms with Crippen molar-refractivity contribution in [2.75, 3.05) is 13.1 Å². The van der Waals surface area contributed by atoms with Crippen LogP contribution in [0.5, 0.6) is 0 Å². The fourth-order valence-corrected chi connectivity index (χ4v) is 3.05. The summed E-state index contributed by atoms with van der Waals surface area (Å²) in [7, 11) is 0. The molecule has 2 rings (SSSR count). The van der Waals surface area contributed by atoms with Gasteiger partial charge in [-0.15, -0.1) is 0 Å². The SMILES string of the molecule is CCCN(CC)Cc1c(C(C)(C)C)nc2cc(/C=C/C(=O)NO)ccn12. The number of hydrogen-bond donors (Lipinski definition) is 2. The smallest absolute Gasteiger partial charge is 0.267 e. The van der Waals surface area contributed by atoms with Crippen LogP contribution in [0.4, 0.5) is 0 Å². The van der Waals surface area contributed by atoms with E-state index in [4.69, 9.17) is 10.2 Å². The number of nitrogens with zero attached hydrogens (tertiary/aromatic N) is 3. The Morgan fingerprint density at radius 1 is 1.38 bits per heavy atom. The normalized spacial score (nSPS) is 12.4. The van der Waals surface area contributed by atoms with E-state index in [-0.39, 0.29) is 5.41 Å². The molecule has 142 valence electrons. The number of nitrogens with one attached hydrogen (secondary N) is 1. The number of hydrogen-bond acceptors (Lipinski definition) is 4. The minimum absolute atomic E-state index is 0.0558. The van der Waals surface area contributed by atoms with Crippen molar-refractivity contribution < 1.29 is 10.0 Å². The highest BCUT2D eigenvalue weighted by atomic mass is 16.5. The standard InChI is InChI=1S/C20H30N4O2/c1-6-11-23(7-2)14-16-19(20(3,4)5)21-17-13-15(10-12-24(16)17)8-9-18(25)22-26/h8-10,12-13,26H,6-7,11,14H2,1-5H3,(H,22,25)/b9-8+. The monoisotopic (exact) mass is 358 g/mol. The second kappa shape index (κ2) is 8.47. The van der Waals surface area contributed by atoms with Gasteiger partial charge in [-0.25, -0.2) is 10.5 Å². The average Bonchev–Trinajstić information content (AvgIpc) is 2.97. The van der Waals surface area contributed by atoms with Gasteiger partial charge >= 0.3 is 0 Å². The minimum atomic E-state index is -0.553. The summed E-state index contributed by atoms with van der Waals surface area (Å²) in [6.45, 7) is 13.8. The largest absolute Gasteiger partial charge is 0.302 e. The van der Waals surface area contributed by atoms with Crippen molar-refractivity contribution >= 4 is 17.6 Å². The van der Waals surface area contributed by atoms with Crippen LogP contribution in [0.2, 0.25) is 0 Å². The third-order valence-corrected chi connectivity index (χ3v) is 4.36. The van der Waals surface area contributed by atoms with E-state index < -0.39 is 5.91 Å². The topological polar surface area (TPSA) is 69.9 Å². The van der Waals surface area contributed by atoms with E-state index in [9.17, 15) is 4.79 Å². The Kier molecular flexibility index (Phi) is 6.56. The van der Waals surface area contributed by atoms with E-state index >= 15 is 0 Å². The molecule has 2 heterocycles. The van der Waals surface area contributed by atoms with Crippen molar-refractivity contribution in [3.05, 3.63) is 41.4 Å². The van der Waals surface area contributed by atoms with Crippen molar-refractivity contribution in [3.63, 3.8) is 0 Å². The Morgan fingerprint density at radius 3 is 2.69 bits per heavy atom. The number of pyridine rings is 1. The second-order valence-electron chi connectivity index (χ2n) is 7.52. The van der Waals surface area contributed by atoms with Crippen LogP contribution in [0.15, 0.2) is 24.4 Å². The third kappa shape index (κ3) is 4.71. The summed E-state index contributed by atoms with van der Waals surface area (Å²) in [4.78, 5) is 18.5. The molecule has 0 fully saturated rings. The summed E-state index contributed by atoms with van der Waals surface area (Å²) in [6, 6.07) is 3.90. The zero-order chi connectivity index (χ0) is 19.3. The van der Waals surface area contributed by atoms with Crippen LogP contribution in [0.25, 0.3) is 11.7 Å². The van der Waals surface area contributed by atoms with Gasteiger partial charge in [-0.05, 0) is 43.3 Å². The first kappa shape index (κ1) is 20.1. The summed E-state index contributed by atoms with van der Waals surface area (Å²) in [5.41, 5.74) is 5.58. The van der Waals surface area contributed by atoms with Crippen LogP contribution in [0.3, 0.4) is 0 Å². The van der Waals surface area contributed by atoms with Crippen molar-refractivity contribution in [1.82, 2.24) is 19.8 Å². The van der Waals surface area contributed by atoms with E-state index in [1.54, 1.807) is 11.6 Å². The van der Waals surface area contributed by atoms with Crippen LogP contribution in [0, 0.1) is 0 Å². The fourth-order valence-electron chi connectivity index (χ4n) is 3.05. The lowest BCUT2D eigenvalue weighted by atomic mass is 9.90. The van der Waals surface area contributed by atoms with Crippen molar-refractivity contribution in [3.8, 4) is 0 Å². The van der Waals surface area contributed by atoms with Crippen molar-refractivity contribution in [2.24, 2.45) is 0 Å². The number of hydroxylamine groups is 1. The highest BCUT2D eigenvalue weighted by molar-refractivity contribution is 5.90. The quantitative estimate of drug-likeness (QED) is 0.452. The van der Waals surface area contributed by atoms with Gasteiger partial charge in [0.2, 0.25) is 0 Å². The molecule has 0 bridgehead atoms. The predicted octanol–water partition coefficient (Wildman–Crippen LogP) is 3.38. The first-order valence-corrected chi connectivity index (χ1v) is 9.16. The van der Waals surface area contributed by atoms with Gasteiger partial charge in [0.15, 0.2) is 0 Å². The molecule has 0 saturated carbocycles. The number of carbonyl (C=O) groups is 1. The lowest BCUT2D eigenvalue weighted by Gasteiger charge is -2.23. The zero-order valence-electron chi connectivity index (χ0n) is 16.4. The zero-order valence-corrected chi connectivity index (χ0v) is 16.4. The van der Waals surface area contributed by atoms with Gasteiger partial charge in [0.05, 0.1) is 11.4 Å². The number of fused-ring (bicyclic) bond motifs is 1. The Hall–Kier alpha value is -2.18. The second-order valence-corrected chi connectivity index (χ2v) is 7.52. The lowest BCUT2D eigenvalue weighted by Crippen LogP contribution is -2.26. The van der Waals surface area contributed by atoms with Gasteiger partial charge in [-0.2, -0.15) is 0 Å². The number of carbonyl (C=O) groups excluding carboxylic acids is 1. The van der Waals surface area contributed by atoms with Gasteiger partial charge < -0.3 is 4.40 Å². The molecule has 2 aromatic rings. The van der Waals surface area contributed by atoms with Crippen LogP contribution in [-0.4, -0.2) is 38.5 Å². The molecule has 0 aromatic carbocycles. The molecular formula is C20H30N4O2. The van der Waals surface area contributed by atoms with Gasteiger partial charge in [0.25, 0.3) is 5.91 Å². The van der Waals surface area contributed by atoms with Gasteiger partial charge in [0, 0.05) is 24.2 Å². The molecule has 0 spiro atoms. The van der Waals surface area contributed by atoms with E-state index in [1.807, 2.05) is 18.3 Å². The maximum absolute atomic E-state index is 11.2. The summed E-state index contributed by atoms with van der Waals surface area (Å²) in [5.74, 6) is -0.553. The Labute approximate surface area is 155 Å². The highest BCUT2D eigenvalue weighted by Gasteiger charge is 2.24. The summed E-state index contributed by atoms with van der Waals surface area (Å²) in [6.07, 6.45) is 6.08. The minimum Gasteiger partial charge on any atom is -0.302 e. The van der Waals surface area contributed by atoms with E-state index in [0.717, 1.165) is 43.0 Å². The van der Waals surface area contributed by atoms with Crippen molar-refractivity contribution in [2.45, 2.75) is 53.0 Å². The predicted molar refractivity (Wildman–Crippen MR) is 104 cm³/mol. The Morgan fingerprint density at radius 2 is 2.12 bits per heavy atom. The summed E-state index contributed by atoms with van der Waals surface area (Å²) >= 11 is 0. The molecule has 2 aromatic heterocycles. The molecular weight excluding hydrogens is 328 g/mol. The third-order valence-electron chi connectivity index (χ3n) is 4.36. The Balaban J connectivity index is 2.48. The van der Waals surface area contributed by atoms with Crippen LogP contribution < -0.4 is 5.48 Å². The number of rotatable bonds is 7. The summed E-state index contributed by atoms with van der Waals surface area (Å²) < 4.78 is 2.14. The molecule has 0 atom stereocenters. The van der Waals surface area contributed by atoms with Crippen LogP contribution in [0.1, 0.15) is 58.0 Å². The molecule has 0 aliphatic rings. The average molecular weight is 358 g/mol. The molecule has 0 aliphatic heterocycles. The molecule has 0 saturated heterocycles. The first-order chi connectivity index (χ1) is 12.3. The molecule has 6 nitrogen and oxygen atoms in total. The van der Waals surface area contributed by atoms with E-state index in [1.165, 1.54) is 11.8 Å². The molecule has 6 heteroatoms. The number of imidazole rings is 1. The van der Waals surface area contributed by atoms with E-state index in [2.05, 4.69) is 43.9 Å². The van der Waals surface area contributed by atoms with Gasteiger partial charge in [-0.3, -0.25) is 14.9 Å². The lowest BCUT2D eigenvalue weighted by molar-refractivity contribution is -0.124. The van der Waals surface area contributed by atoms with Crippen LogP contribution >= 0.6 is 0 Å².